The molecule has 0 radical (unpaired) electrons. The van der Waals surface area contributed by atoms with Crippen molar-refractivity contribution in [2.24, 2.45) is 7.05 Å². The van der Waals surface area contributed by atoms with Crippen LogP contribution in [0.4, 0.5) is 22.0 Å². The Hall–Kier alpha value is -4.26. The van der Waals surface area contributed by atoms with Crippen LogP contribution < -0.4 is 20.3 Å². The van der Waals surface area contributed by atoms with E-state index in [1.54, 1.807) is 49.3 Å². The molecule has 3 aromatic rings. The van der Waals surface area contributed by atoms with Crippen molar-refractivity contribution in [3.05, 3.63) is 36.3 Å². The first-order valence-electron chi connectivity index (χ1n) is 11.3. The van der Waals surface area contributed by atoms with Crippen molar-refractivity contribution in [1.29, 1.82) is 0 Å². The van der Waals surface area contributed by atoms with Crippen LogP contribution in [0.25, 0.3) is 11.4 Å². The van der Waals surface area contributed by atoms with Gasteiger partial charge in [-0.3, -0.25) is 14.4 Å². The topological polar surface area (TPSA) is 140 Å². The third kappa shape index (κ3) is 4.77. The van der Waals surface area contributed by atoms with Crippen LogP contribution in [-0.4, -0.2) is 88.8 Å². The average Bonchev–Trinajstić information content (AvgIpc) is 3.49. The van der Waals surface area contributed by atoms with Crippen molar-refractivity contribution < 1.29 is 19.1 Å². The second-order valence-electron chi connectivity index (χ2n) is 8.23. The maximum absolute atomic E-state index is 13.1. The lowest BCUT2D eigenvalue weighted by molar-refractivity contribution is 0.0958. The zero-order valence-electron chi connectivity index (χ0n) is 20.8. The molecule has 4 rings (SSSR count). The van der Waals surface area contributed by atoms with Gasteiger partial charge in [0.2, 0.25) is 0 Å². The van der Waals surface area contributed by atoms with Gasteiger partial charge in [0.1, 0.15) is 6.33 Å². The third-order valence-electron chi connectivity index (χ3n) is 5.81. The average molecular weight is 496 g/mol. The molecule has 2 N–H and O–H groups in total. The molecule has 13 heteroatoms. The summed E-state index contributed by atoms with van der Waals surface area (Å²) in [5.74, 6) is 0.873. The molecule has 190 valence electrons. The fourth-order valence-corrected chi connectivity index (χ4v) is 4.04. The zero-order valence-corrected chi connectivity index (χ0v) is 20.8. The number of nitrogens with zero attached hydrogens (tertiary/aromatic N) is 7. The molecule has 0 saturated carbocycles. The molecule has 1 fully saturated rings. The smallest absolute Gasteiger partial charge is 0.326 e. The highest BCUT2D eigenvalue weighted by Gasteiger charge is 2.34. The van der Waals surface area contributed by atoms with Gasteiger partial charge in [-0.05, 0) is 19.1 Å². The molecule has 0 aliphatic carbocycles. The summed E-state index contributed by atoms with van der Waals surface area (Å²) >= 11 is 0. The molecule has 1 atom stereocenters. The fraction of sp³-hybridized carbons (Fsp3) is 0.391. The van der Waals surface area contributed by atoms with Crippen molar-refractivity contribution in [3.8, 4) is 17.1 Å². The van der Waals surface area contributed by atoms with Gasteiger partial charge >= 0.3 is 6.03 Å². The molecule has 13 nitrogen and oxygen atoms in total. The van der Waals surface area contributed by atoms with Crippen LogP contribution in [0.15, 0.2) is 30.6 Å². The number of urea groups is 1. The van der Waals surface area contributed by atoms with Gasteiger partial charge in [0, 0.05) is 40.4 Å². The van der Waals surface area contributed by atoms with Gasteiger partial charge < -0.3 is 25.0 Å². The van der Waals surface area contributed by atoms with E-state index in [9.17, 15) is 9.59 Å². The quantitative estimate of drug-likeness (QED) is 0.453. The Bertz CT molecular complexity index is 1260. The molecule has 36 heavy (non-hydrogen) atoms. The van der Waals surface area contributed by atoms with Crippen molar-refractivity contribution in [2.45, 2.75) is 13.0 Å². The second kappa shape index (κ2) is 10.6. The van der Waals surface area contributed by atoms with Gasteiger partial charge in [-0.2, -0.15) is 5.10 Å². The number of para-hydroxylation sites is 1. The minimum Gasteiger partial charge on any atom is -0.494 e. The summed E-state index contributed by atoms with van der Waals surface area (Å²) in [7, 11) is 6.43. The van der Waals surface area contributed by atoms with Crippen molar-refractivity contribution in [3.63, 3.8) is 0 Å². The Kier molecular flexibility index (Phi) is 7.29. The van der Waals surface area contributed by atoms with E-state index in [2.05, 4.69) is 30.9 Å². The number of hydrogen-bond acceptors (Lipinski definition) is 9. The van der Waals surface area contributed by atoms with Gasteiger partial charge in [-0.1, -0.05) is 6.07 Å². The Morgan fingerprint density at radius 2 is 2.00 bits per heavy atom. The van der Waals surface area contributed by atoms with Gasteiger partial charge in [0.05, 0.1) is 36.7 Å². The van der Waals surface area contributed by atoms with E-state index in [0.717, 1.165) is 0 Å². The van der Waals surface area contributed by atoms with Crippen LogP contribution in [0.5, 0.6) is 5.75 Å². The fourth-order valence-electron chi connectivity index (χ4n) is 4.04. The van der Waals surface area contributed by atoms with E-state index in [-0.39, 0.29) is 17.8 Å². The molecular weight excluding hydrogens is 466 g/mol. The van der Waals surface area contributed by atoms with Gasteiger partial charge in [-0.15, -0.1) is 10.2 Å². The van der Waals surface area contributed by atoms with E-state index < -0.39 is 5.91 Å². The number of anilines is 3. The van der Waals surface area contributed by atoms with E-state index >= 15 is 0 Å². The summed E-state index contributed by atoms with van der Waals surface area (Å²) in [5.41, 5.74) is 1.67. The lowest BCUT2D eigenvalue weighted by Crippen LogP contribution is -2.40. The van der Waals surface area contributed by atoms with Crippen LogP contribution >= 0.6 is 0 Å². The molecule has 0 spiro atoms. The predicted octanol–water partition coefficient (Wildman–Crippen LogP) is 1.66. The van der Waals surface area contributed by atoms with Crippen LogP contribution in [0.2, 0.25) is 0 Å². The monoisotopic (exact) mass is 495 g/mol. The van der Waals surface area contributed by atoms with Gasteiger partial charge in [0.25, 0.3) is 5.91 Å². The predicted molar refractivity (Wildman–Crippen MR) is 132 cm³/mol. The molecule has 1 aliphatic heterocycles. The number of carbonyl (C=O) groups excluding carboxylic acids is 2. The molecule has 0 bridgehead atoms. The minimum atomic E-state index is -0.429. The summed E-state index contributed by atoms with van der Waals surface area (Å²) in [6, 6.07) is 6.81. The molecule has 1 unspecified atom stereocenters. The molecule has 3 amide bonds. The maximum Gasteiger partial charge on any atom is 0.326 e. The SMILES string of the molecule is CNC(=O)c1nnc(N2CCN(C(C)COC)C2=O)cc1Nc1cccc(-c2ncn(C)n2)c1OC. The van der Waals surface area contributed by atoms with E-state index in [4.69, 9.17) is 9.47 Å². The molecule has 2 aromatic heterocycles. The number of carbonyl (C=O) groups is 2. The maximum atomic E-state index is 13.1. The summed E-state index contributed by atoms with van der Waals surface area (Å²) < 4.78 is 12.5. The van der Waals surface area contributed by atoms with Crippen LogP contribution in [0, 0.1) is 0 Å². The number of aryl methyl sites for hydroxylation is 1. The standard InChI is InChI=1S/C23H29N9O4/c1-14(12-35-4)31-9-10-32(23(31)34)18-11-17(19(28-27-18)22(33)24-2)26-16-8-6-7-15(20(16)36-5)21-25-13-30(3)29-21/h6-8,11,13-14H,9-10,12H2,1-5H3,(H,24,33)(H,26,27). The first-order chi connectivity index (χ1) is 17.4. The van der Waals surface area contributed by atoms with Gasteiger partial charge in [-0.25, -0.2) is 9.78 Å². The Morgan fingerprint density at radius 3 is 2.67 bits per heavy atom. The highest BCUT2D eigenvalue weighted by Crippen LogP contribution is 2.37. The number of aromatic nitrogens is 5. The number of ether oxygens (including phenoxy) is 2. The van der Waals surface area contributed by atoms with E-state index in [1.807, 2.05) is 19.1 Å². The van der Waals surface area contributed by atoms with Crippen LogP contribution in [0.3, 0.4) is 0 Å². The van der Waals surface area contributed by atoms with E-state index in [0.29, 0.717) is 54.0 Å². The lowest BCUT2D eigenvalue weighted by Gasteiger charge is -2.24. The second-order valence-corrected chi connectivity index (χ2v) is 8.23. The molecular formula is C23H29N9O4. The van der Waals surface area contributed by atoms with Crippen molar-refractivity contribution in [1.82, 2.24) is 35.2 Å². The Labute approximate surface area is 208 Å². The Morgan fingerprint density at radius 1 is 1.19 bits per heavy atom. The lowest BCUT2D eigenvalue weighted by atomic mass is 10.1. The highest BCUT2D eigenvalue weighted by atomic mass is 16.5. The number of benzene rings is 1. The number of rotatable bonds is 9. The van der Waals surface area contributed by atoms with Crippen LogP contribution in [-0.2, 0) is 11.8 Å². The van der Waals surface area contributed by atoms with Crippen molar-refractivity contribution in [2.75, 3.05) is 51.2 Å². The highest BCUT2D eigenvalue weighted by molar-refractivity contribution is 6.00. The Balaban J connectivity index is 1.71. The third-order valence-corrected chi connectivity index (χ3v) is 5.81. The first-order valence-corrected chi connectivity index (χ1v) is 11.3. The number of nitrogens with one attached hydrogen (secondary N) is 2. The summed E-state index contributed by atoms with van der Waals surface area (Å²) in [6.07, 6.45) is 1.60. The number of amides is 3. The normalized spacial score (nSPS) is 14.2. The molecule has 3 heterocycles. The molecule has 1 aliphatic rings. The van der Waals surface area contributed by atoms with Crippen molar-refractivity contribution >= 4 is 29.1 Å². The largest absolute Gasteiger partial charge is 0.494 e. The summed E-state index contributed by atoms with van der Waals surface area (Å²) in [5, 5.41) is 18.5. The number of methoxy groups -OCH3 is 2. The zero-order chi connectivity index (χ0) is 25.8. The van der Waals surface area contributed by atoms with Gasteiger partial charge in [0.15, 0.2) is 23.1 Å². The van der Waals surface area contributed by atoms with Crippen LogP contribution in [0.1, 0.15) is 17.4 Å². The van der Waals surface area contributed by atoms with E-state index in [1.165, 1.54) is 11.9 Å². The minimum absolute atomic E-state index is 0.0703. The molecule has 1 saturated heterocycles. The number of hydrogen-bond donors (Lipinski definition) is 2. The first kappa shape index (κ1) is 24.9. The summed E-state index contributed by atoms with van der Waals surface area (Å²) in [4.78, 5) is 33.2. The molecule has 1 aromatic carbocycles. The summed E-state index contributed by atoms with van der Waals surface area (Å²) in [6.45, 7) is 3.31.